The molecule has 11 heteroatoms. The Bertz CT molecular complexity index is 1110. The van der Waals surface area contributed by atoms with E-state index >= 15 is 0 Å². The lowest BCUT2D eigenvalue weighted by molar-refractivity contribution is -0.384. The van der Waals surface area contributed by atoms with Gasteiger partial charge in [0.05, 0.1) is 22.5 Å². The third kappa shape index (κ3) is 3.94. The van der Waals surface area contributed by atoms with E-state index < -0.39 is 10.5 Å². The zero-order chi connectivity index (χ0) is 21.1. The molecule has 1 saturated heterocycles. The van der Waals surface area contributed by atoms with Crippen LogP contribution in [0.5, 0.6) is 0 Å². The lowest BCUT2D eigenvalue weighted by Gasteiger charge is -2.24. The molecule has 0 bridgehead atoms. The summed E-state index contributed by atoms with van der Waals surface area (Å²) in [6.45, 7) is 2.90. The van der Waals surface area contributed by atoms with Gasteiger partial charge in [0.25, 0.3) is 11.2 Å². The number of nitro groups is 1. The van der Waals surface area contributed by atoms with E-state index in [-0.39, 0.29) is 10.7 Å². The number of hydrogen-bond donors (Lipinski definition) is 0. The predicted molar refractivity (Wildman–Crippen MR) is 113 cm³/mol. The molecular weight excluding hydrogens is 410 g/mol. The van der Waals surface area contributed by atoms with Crippen LogP contribution in [0.25, 0.3) is 5.69 Å². The molecule has 1 aliphatic rings. The second-order valence-corrected chi connectivity index (χ2v) is 7.12. The van der Waals surface area contributed by atoms with Crippen LogP contribution in [0.3, 0.4) is 0 Å². The molecule has 0 spiro atoms. The Labute approximate surface area is 176 Å². The van der Waals surface area contributed by atoms with Crippen molar-refractivity contribution in [3.05, 3.63) is 74.3 Å². The van der Waals surface area contributed by atoms with Gasteiger partial charge in [0.2, 0.25) is 0 Å². The maximum Gasteiger partial charge on any atom is 0.292 e. The molecule has 2 aromatic heterocycles. The fourth-order valence-corrected chi connectivity index (χ4v) is 3.64. The summed E-state index contributed by atoms with van der Waals surface area (Å²) >= 11 is 6.41. The first-order valence-electron chi connectivity index (χ1n) is 9.35. The largest absolute Gasteiger partial charge is 0.367 e. The van der Waals surface area contributed by atoms with Gasteiger partial charge in [-0.2, -0.15) is 14.9 Å². The smallest absolute Gasteiger partial charge is 0.292 e. The van der Waals surface area contributed by atoms with Gasteiger partial charge < -0.3 is 9.80 Å². The van der Waals surface area contributed by atoms with Crippen molar-refractivity contribution in [2.24, 2.45) is 0 Å². The predicted octanol–water partition coefficient (Wildman–Crippen LogP) is 2.30. The van der Waals surface area contributed by atoms with E-state index in [0.717, 1.165) is 30.0 Å². The first kappa shape index (κ1) is 19.8. The summed E-state index contributed by atoms with van der Waals surface area (Å²) in [7, 11) is 0. The Morgan fingerprint density at radius 2 is 1.77 bits per heavy atom. The highest BCUT2D eigenvalue weighted by molar-refractivity contribution is 6.33. The standard InChI is InChI=1S/C19H18ClN7O3/c20-18-16(24-9-2-10-25(12-11-24)17-3-1-8-21-23-17)13-22-26(19(18)28)14-4-6-15(7-5-14)27(29)30/h1,3-8,13H,2,9-12H2. The first-order chi connectivity index (χ1) is 14.5. The molecule has 0 radical (unpaired) electrons. The SMILES string of the molecule is O=c1c(Cl)c(N2CCCN(c3cccnn3)CC2)cnn1-c1ccc([N+](=O)[O-])cc1. The monoisotopic (exact) mass is 427 g/mol. The highest BCUT2D eigenvalue weighted by atomic mass is 35.5. The van der Waals surface area contributed by atoms with Gasteiger partial charge in [0.1, 0.15) is 5.02 Å². The molecule has 0 saturated carbocycles. The number of benzene rings is 1. The van der Waals surface area contributed by atoms with E-state index in [9.17, 15) is 14.9 Å². The first-order valence-corrected chi connectivity index (χ1v) is 9.72. The molecule has 10 nitrogen and oxygen atoms in total. The average Bonchev–Trinajstić information content (AvgIpc) is 3.02. The van der Waals surface area contributed by atoms with Crippen LogP contribution in [0.2, 0.25) is 5.02 Å². The lowest BCUT2D eigenvalue weighted by atomic mass is 10.3. The molecule has 30 heavy (non-hydrogen) atoms. The van der Waals surface area contributed by atoms with Gasteiger partial charge in [0.15, 0.2) is 5.82 Å². The molecule has 1 fully saturated rings. The third-order valence-electron chi connectivity index (χ3n) is 4.92. The maximum atomic E-state index is 12.8. The molecule has 4 rings (SSSR count). The quantitative estimate of drug-likeness (QED) is 0.460. The zero-order valence-electron chi connectivity index (χ0n) is 15.9. The van der Waals surface area contributed by atoms with Gasteiger partial charge in [0, 0.05) is 44.5 Å². The Kier molecular flexibility index (Phi) is 5.57. The van der Waals surface area contributed by atoms with Gasteiger partial charge in [-0.25, -0.2) is 0 Å². The van der Waals surface area contributed by atoms with Gasteiger partial charge in [-0.3, -0.25) is 14.9 Å². The minimum absolute atomic E-state index is 0.0632. The molecule has 0 aliphatic carbocycles. The van der Waals surface area contributed by atoms with Crippen LogP contribution in [0.15, 0.2) is 53.6 Å². The fourth-order valence-electron chi connectivity index (χ4n) is 3.39. The van der Waals surface area contributed by atoms with E-state index in [2.05, 4.69) is 20.2 Å². The highest BCUT2D eigenvalue weighted by Gasteiger charge is 2.21. The minimum Gasteiger partial charge on any atom is -0.367 e. The molecule has 154 valence electrons. The highest BCUT2D eigenvalue weighted by Crippen LogP contribution is 2.24. The molecule has 3 heterocycles. The van der Waals surface area contributed by atoms with Crippen LogP contribution in [-0.4, -0.2) is 51.1 Å². The zero-order valence-corrected chi connectivity index (χ0v) is 16.6. The lowest BCUT2D eigenvalue weighted by Crippen LogP contribution is -2.33. The summed E-state index contributed by atoms with van der Waals surface area (Å²) in [5.74, 6) is 0.817. The Hall–Kier alpha value is -3.53. The summed E-state index contributed by atoms with van der Waals surface area (Å²) < 4.78 is 1.14. The number of aromatic nitrogens is 4. The number of rotatable bonds is 4. The van der Waals surface area contributed by atoms with Crippen LogP contribution in [0.4, 0.5) is 17.2 Å². The van der Waals surface area contributed by atoms with Crippen LogP contribution in [0, 0.1) is 10.1 Å². The molecule has 1 aromatic carbocycles. The van der Waals surface area contributed by atoms with Crippen LogP contribution < -0.4 is 15.4 Å². The van der Waals surface area contributed by atoms with Crippen molar-refractivity contribution in [2.45, 2.75) is 6.42 Å². The van der Waals surface area contributed by atoms with E-state index in [1.54, 1.807) is 12.4 Å². The molecule has 1 aliphatic heterocycles. The molecule has 0 unspecified atom stereocenters. The van der Waals surface area contributed by atoms with Gasteiger partial charge in [-0.05, 0) is 30.7 Å². The second-order valence-electron chi connectivity index (χ2n) is 6.74. The summed E-state index contributed by atoms with van der Waals surface area (Å²) in [5, 5.41) is 23.2. The summed E-state index contributed by atoms with van der Waals surface area (Å²) in [6, 6.07) is 9.34. The van der Waals surface area contributed by atoms with Crippen molar-refractivity contribution >= 4 is 28.8 Å². The van der Waals surface area contributed by atoms with Crippen LogP contribution in [-0.2, 0) is 0 Å². The summed E-state index contributed by atoms with van der Waals surface area (Å²) in [5.41, 5.74) is 0.439. The van der Waals surface area contributed by atoms with Crippen LogP contribution in [0.1, 0.15) is 6.42 Å². The van der Waals surface area contributed by atoms with Gasteiger partial charge in [-0.15, -0.1) is 5.10 Å². The molecular formula is C19H18ClN7O3. The van der Waals surface area contributed by atoms with Gasteiger partial charge in [-0.1, -0.05) is 11.6 Å². The van der Waals surface area contributed by atoms with Crippen molar-refractivity contribution in [3.63, 3.8) is 0 Å². The second kappa shape index (κ2) is 8.46. The number of nitro benzene ring substituents is 1. The molecule has 3 aromatic rings. The van der Waals surface area contributed by atoms with E-state index in [0.29, 0.717) is 24.5 Å². The van der Waals surface area contributed by atoms with Crippen LogP contribution >= 0.6 is 11.6 Å². The van der Waals surface area contributed by atoms with Crippen molar-refractivity contribution in [2.75, 3.05) is 36.0 Å². The van der Waals surface area contributed by atoms with Crippen molar-refractivity contribution in [3.8, 4) is 5.69 Å². The summed E-state index contributed by atoms with van der Waals surface area (Å²) in [4.78, 5) is 27.3. The normalized spacial score (nSPS) is 14.4. The third-order valence-corrected chi connectivity index (χ3v) is 5.28. The topological polar surface area (TPSA) is 110 Å². The van der Waals surface area contributed by atoms with E-state index in [1.165, 1.54) is 24.3 Å². The Morgan fingerprint density at radius 1 is 1.03 bits per heavy atom. The Morgan fingerprint density at radius 3 is 2.47 bits per heavy atom. The maximum absolute atomic E-state index is 12.8. The van der Waals surface area contributed by atoms with Gasteiger partial charge >= 0.3 is 0 Å². The number of hydrogen-bond acceptors (Lipinski definition) is 8. The number of nitrogens with zero attached hydrogens (tertiary/aromatic N) is 7. The molecule has 0 atom stereocenters. The van der Waals surface area contributed by atoms with Crippen molar-refractivity contribution in [1.29, 1.82) is 0 Å². The summed E-state index contributed by atoms with van der Waals surface area (Å²) in [6.07, 6.45) is 4.06. The van der Waals surface area contributed by atoms with E-state index in [1.807, 2.05) is 17.0 Å². The fraction of sp³-hybridized carbons (Fsp3) is 0.263. The van der Waals surface area contributed by atoms with E-state index in [4.69, 9.17) is 11.6 Å². The number of anilines is 2. The molecule has 0 amide bonds. The van der Waals surface area contributed by atoms with Crippen molar-refractivity contribution < 1.29 is 4.92 Å². The number of non-ortho nitro benzene ring substituents is 1. The minimum atomic E-state index is -0.500. The molecule has 0 N–H and O–H groups in total. The van der Waals surface area contributed by atoms with Crippen molar-refractivity contribution in [1.82, 2.24) is 20.0 Å². The average molecular weight is 428 g/mol. The number of halogens is 1. The Balaban J connectivity index is 1.56.